The Kier molecular flexibility index (Phi) is 13.0. The standard InChI is InChI=1S/C37H47N7O12/c1-9-49-32(45)26-24(14-16-38-34(47)55-36(3,4)5)53-30(43-26)22-18-51-28(41-22)20-12-11-13-21(40-20)29-42-23(19-52-29)31-44-27(33(46)50-10-2)25(54-31)15-17-39-35(48)56-37(6,7)8/h11-13,22-23H,9-10,14-19H2,1-8H3,(H,38,47)(H,39,48). The molecule has 19 heteroatoms. The Morgan fingerprint density at radius 3 is 1.46 bits per heavy atom. The first kappa shape index (κ1) is 41.2. The van der Waals surface area contributed by atoms with Crippen molar-refractivity contribution in [2.45, 2.75) is 91.5 Å². The third-order valence-corrected chi connectivity index (χ3v) is 7.47. The van der Waals surface area contributed by atoms with E-state index in [0.717, 1.165) is 0 Å². The molecule has 0 aliphatic carbocycles. The maximum Gasteiger partial charge on any atom is 0.407 e. The Balaban J connectivity index is 1.29. The second kappa shape index (κ2) is 17.6. The van der Waals surface area contributed by atoms with Gasteiger partial charge in [-0.3, -0.25) is 0 Å². The summed E-state index contributed by atoms with van der Waals surface area (Å²) in [6.45, 7) is 14.5. The van der Waals surface area contributed by atoms with E-state index in [2.05, 4.69) is 35.6 Å². The summed E-state index contributed by atoms with van der Waals surface area (Å²) >= 11 is 0. The Hall–Kier alpha value is -6.01. The molecule has 3 aromatic heterocycles. The summed E-state index contributed by atoms with van der Waals surface area (Å²) in [5.41, 5.74) is -0.633. The van der Waals surface area contributed by atoms with Gasteiger partial charge in [0.1, 0.15) is 47.3 Å². The lowest BCUT2D eigenvalue weighted by atomic mass is 10.2. The lowest BCUT2D eigenvalue weighted by molar-refractivity contribution is 0.0504. The number of alkyl carbamates (subject to hydrolysis) is 2. The van der Waals surface area contributed by atoms with Gasteiger partial charge >= 0.3 is 24.1 Å². The molecule has 302 valence electrons. The van der Waals surface area contributed by atoms with Crippen molar-refractivity contribution in [2.75, 3.05) is 39.5 Å². The molecule has 19 nitrogen and oxygen atoms in total. The molecule has 2 unspecified atom stereocenters. The Morgan fingerprint density at radius 2 is 1.09 bits per heavy atom. The average molecular weight is 782 g/mol. The number of ether oxygens (including phenoxy) is 6. The number of nitrogens with zero attached hydrogens (tertiary/aromatic N) is 5. The molecule has 0 saturated carbocycles. The largest absolute Gasteiger partial charge is 0.474 e. The number of hydrogen-bond donors (Lipinski definition) is 2. The van der Waals surface area contributed by atoms with Crippen LogP contribution >= 0.6 is 0 Å². The van der Waals surface area contributed by atoms with Crippen LogP contribution in [0.2, 0.25) is 0 Å². The second-order valence-electron chi connectivity index (χ2n) is 14.4. The molecule has 0 bridgehead atoms. The van der Waals surface area contributed by atoms with Crippen molar-refractivity contribution in [3.63, 3.8) is 0 Å². The maximum absolute atomic E-state index is 12.7. The van der Waals surface area contributed by atoms with Crippen LogP contribution in [0.25, 0.3) is 0 Å². The average Bonchev–Trinajstić information content (AvgIpc) is 3.93. The van der Waals surface area contributed by atoms with Gasteiger partial charge in [0.25, 0.3) is 0 Å². The van der Waals surface area contributed by atoms with Gasteiger partial charge in [-0.2, -0.15) is 0 Å². The van der Waals surface area contributed by atoms with Crippen LogP contribution in [0.15, 0.2) is 37.0 Å². The van der Waals surface area contributed by atoms with Crippen molar-refractivity contribution in [1.29, 1.82) is 0 Å². The number of carbonyl (C=O) groups excluding carboxylic acids is 4. The van der Waals surface area contributed by atoms with Gasteiger partial charge in [-0.1, -0.05) is 6.07 Å². The van der Waals surface area contributed by atoms with E-state index in [-0.39, 0.29) is 98.8 Å². The predicted octanol–water partition coefficient (Wildman–Crippen LogP) is 4.58. The Morgan fingerprint density at radius 1 is 0.679 bits per heavy atom. The molecule has 2 aliphatic rings. The summed E-state index contributed by atoms with van der Waals surface area (Å²) in [5, 5.41) is 5.27. The van der Waals surface area contributed by atoms with Gasteiger partial charge < -0.3 is 47.9 Å². The van der Waals surface area contributed by atoms with E-state index in [1.54, 1.807) is 73.6 Å². The number of carbonyl (C=O) groups is 4. The first-order valence-corrected chi connectivity index (χ1v) is 18.2. The zero-order chi connectivity index (χ0) is 40.6. The highest BCUT2D eigenvalue weighted by Crippen LogP contribution is 2.29. The molecule has 2 aliphatic heterocycles. The minimum Gasteiger partial charge on any atom is -0.474 e. The van der Waals surface area contributed by atoms with E-state index in [1.807, 2.05) is 0 Å². The van der Waals surface area contributed by atoms with Gasteiger partial charge in [0.05, 0.1) is 13.2 Å². The molecule has 0 aromatic carbocycles. The zero-order valence-corrected chi connectivity index (χ0v) is 32.7. The van der Waals surface area contributed by atoms with Crippen LogP contribution < -0.4 is 10.6 Å². The van der Waals surface area contributed by atoms with Crippen LogP contribution in [-0.2, 0) is 41.3 Å². The van der Waals surface area contributed by atoms with Gasteiger partial charge in [0.15, 0.2) is 23.5 Å². The van der Waals surface area contributed by atoms with Gasteiger partial charge in [-0.05, 0) is 67.5 Å². The molecule has 2 N–H and O–H groups in total. The molecular weight excluding hydrogens is 734 g/mol. The van der Waals surface area contributed by atoms with Crippen LogP contribution in [-0.4, -0.2) is 102 Å². The first-order chi connectivity index (χ1) is 26.5. The van der Waals surface area contributed by atoms with Crippen LogP contribution in [0.3, 0.4) is 0 Å². The summed E-state index contributed by atoms with van der Waals surface area (Å²) in [7, 11) is 0. The van der Waals surface area contributed by atoms with Crippen molar-refractivity contribution in [3.05, 3.63) is 64.3 Å². The number of esters is 2. The lowest BCUT2D eigenvalue weighted by Crippen LogP contribution is -2.33. The SMILES string of the molecule is CCOC(=O)c1nc(C2COC(c3cccc(C4=NC(c5nc(C(=O)OCC)c(CCNC(=O)OC(C)(C)C)o5)CO4)n3)=N2)oc1CCNC(=O)OC(C)(C)C. The Bertz CT molecular complexity index is 1840. The van der Waals surface area contributed by atoms with E-state index in [4.69, 9.17) is 37.3 Å². The molecular formula is C37H47N7O12. The van der Waals surface area contributed by atoms with Gasteiger partial charge in [0.2, 0.25) is 23.6 Å². The van der Waals surface area contributed by atoms with Crippen molar-refractivity contribution < 1.29 is 56.4 Å². The quantitative estimate of drug-likeness (QED) is 0.168. The lowest BCUT2D eigenvalue weighted by Gasteiger charge is -2.19. The molecule has 0 fully saturated rings. The number of oxazole rings is 2. The first-order valence-electron chi connectivity index (χ1n) is 18.2. The van der Waals surface area contributed by atoms with Crippen molar-refractivity contribution in [3.8, 4) is 0 Å². The van der Waals surface area contributed by atoms with Crippen LogP contribution in [0, 0.1) is 0 Å². The number of aromatic nitrogens is 3. The highest BCUT2D eigenvalue weighted by Gasteiger charge is 2.33. The van der Waals surface area contributed by atoms with E-state index in [0.29, 0.717) is 11.4 Å². The normalized spacial score (nSPS) is 16.6. The maximum atomic E-state index is 12.7. The fourth-order valence-electron chi connectivity index (χ4n) is 5.22. The van der Waals surface area contributed by atoms with E-state index < -0.39 is 47.4 Å². The molecule has 5 heterocycles. The molecule has 0 saturated heterocycles. The smallest absolute Gasteiger partial charge is 0.407 e. The fraction of sp³-hybridized carbons (Fsp3) is 0.541. The summed E-state index contributed by atoms with van der Waals surface area (Å²) in [6, 6.07) is 3.72. The molecule has 3 aromatic rings. The summed E-state index contributed by atoms with van der Waals surface area (Å²) in [6.07, 6.45) is -0.934. The van der Waals surface area contributed by atoms with Gasteiger partial charge in [-0.25, -0.2) is 44.1 Å². The molecule has 5 rings (SSSR count). The summed E-state index contributed by atoms with van der Waals surface area (Å²) in [4.78, 5) is 72.3. The zero-order valence-electron chi connectivity index (χ0n) is 32.7. The topological polar surface area (TPSA) is 237 Å². The number of aliphatic imine (C=N–C) groups is 2. The molecule has 2 amide bonds. The third kappa shape index (κ3) is 11.0. The summed E-state index contributed by atoms with van der Waals surface area (Å²) < 4.78 is 44.5. The fourth-order valence-corrected chi connectivity index (χ4v) is 5.22. The highest BCUT2D eigenvalue weighted by molar-refractivity contribution is 5.97. The monoisotopic (exact) mass is 781 g/mol. The minimum absolute atomic E-state index is 0.0208. The molecule has 2 atom stereocenters. The highest BCUT2D eigenvalue weighted by atomic mass is 16.6. The number of hydrogen-bond acceptors (Lipinski definition) is 17. The van der Waals surface area contributed by atoms with Crippen LogP contribution in [0.5, 0.6) is 0 Å². The second-order valence-corrected chi connectivity index (χ2v) is 14.4. The predicted molar refractivity (Wildman–Crippen MR) is 195 cm³/mol. The van der Waals surface area contributed by atoms with E-state index in [1.165, 1.54) is 0 Å². The van der Waals surface area contributed by atoms with Gasteiger partial charge in [-0.15, -0.1) is 0 Å². The Labute approximate surface area is 322 Å². The molecule has 0 radical (unpaired) electrons. The molecule has 56 heavy (non-hydrogen) atoms. The number of amides is 2. The number of pyridine rings is 1. The number of nitrogens with one attached hydrogen (secondary N) is 2. The summed E-state index contributed by atoms with van der Waals surface area (Å²) in [5.74, 6) is -0.243. The molecule has 0 spiro atoms. The third-order valence-electron chi connectivity index (χ3n) is 7.47. The van der Waals surface area contributed by atoms with Crippen molar-refractivity contribution in [1.82, 2.24) is 25.6 Å². The van der Waals surface area contributed by atoms with E-state index in [9.17, 15) is 19.2 Å². The van der Waals surface area contributed by atoms with Gasteiger partial charge in [0, 0.05) is 25.9 Å². The number of rotatable bonds is 14. The van der Waals surface area contributed by atoms with Crippen LogP contribution in [0.1, 0.15) is 123 Å². The van der Waals surface area contributed by atoms with Crippen molar-refractivity contribution in [2.24, 2.45) is 9.98 Å². The minimum atomic E-state index is -0.701. The van der Waals surface area contributed by atoms with E-state index >= 15 is 0 Å². The van der Waals surface area contributed by atoms with Crippen LogP contribution in [0.4, 0.5) is 9.59 Å². The van der Waals surface area contributed by atoms with Crippen molar-refractivity contribution >= 4 is 35.9 Å².